The maximum Gasteiger partial charge on any atom is 0.0599 e. The molecule has 3 nitrogen and oxygen atoms in total. The van der Waals surface area contributed by atoms with E-state index >= 15 is 0 Å². The first-order valence-electron chi connectivity index (χ1n) is 5.93. The fourth-order valence-corrected chi connectivity index (χ4v) is 3.21. The number of aliphatic hydroxyl groups excluding tert-OH is 1. The number of nitrogens with zero attached hydrogens (tertiary/aromatic N) is 1. The quantitative estimate of drug-likeness (QED) is 0.697. The second kappa shape index (κ2) is 4.60. The van der Waals surface area contributed by atoms with Gasteiger partial charge in [0, 0.05) is 18.6 Å². The molecule has 0 radical (unpaired) electrons. The molecule has 1 aliphatic heterocycles. The summed E-state index contributed by atoms with van der Waals surface area (Å²) < 4.78 is 0. The van der Waals surface area contributed by atoms with E-state index in [9.17, 15) is 5.11 Å². The molecule has 1 aliphatic carbocycles. The smallest absolute Gasteiger partial charge is 0.0599 e. The highest BCUT2D eigenvalue weighted by molar-refractivity contribution is 4.92. The minimum Gasteiger partial charge on any atom is -0.395 e. The maximum atomic E-state index is 9.26. The van der Waals surface area contributed by atoms with E-state index in [-0.39, 0.29) is 12.6 Å². The Bertz CT molecular complexity index is 182. The van der Waals surface area contributed by atoms with Gasteiger partial charge in [0.1, 0.15) is 0 Å². The number of likely N-dealkylation sites (tertiary alicyclic amines) is 1. The van der Waals surface area contributed by atoms with Crippen LogP contribution in [0, 0.1) is 5.92 Å². The average molecular weight is 198 g/mol. The standard InChI is InChI=1S/C11H22N2O/c12-7-10(8-14)13-6-5-9-3-1-2-4-11(9)13/h9-11,14H,1-8,12H2. The van der Waals surface area contributed by atoms with E-state index in [4.69, 9.17) is 5.73 Å². The van der Waals surface area contributed by atoms with Crippen LogP contribution in [0.15, 0.2) is 0 Å². The summed E-state index contributed by atoms with van der Waals surface area (Å²) in [7, 11) is 0. The summed E-state index contributed by atoms with van der Waals surface area (Å²) in [6.07, 6.45) is 6.80. The normalized spacial score (nSPS) is 35.6. The Balaban J connectivity index is 1.99. The Morgan fingerprint density at radius 2 is 2.07 bits per heavy atom. The van der Waals surface area contributed by atoms with Gasteiger partial charge in [-0.2, -0.15) is 0 Å². The molecule has 14 heavy (non-hydrogen) atoms. The first-order valence-corrected chi connectivity index (χ1v) is 5.93. The minimum atomic E-state index is 0.211. The molecular formula is C11H22N2O. The van der Waals surface area contributed by atoms with Crippen molar-refractivity contribution >= 4 is 0 Å². The monoisotopic (exact) mass is 198 g/mol. The first-order chi connectivity index (χ1) is 6.86. The van der Waals surface area contributed by atoms with Gasteiger partial charge in [-0.25, -0.2) is 0 Å². The number of nitrogens with two attached hydrogens (primary N) is 1. The largest absolute Gasteiger partial charge is 0.395 e. The second-order valence-corrected chi connectivity index (χ2v) is 4.71. The summed E-state index contributed by atoms with van der Waals surface area (Å²) in [5, 5.41) is 9.26. The van der Waals surface area contributed by atoms with Crippen LogP contribution in [-0.4, -0.2) is 41.8 Å². The van der Waals surface area contributed by atoms with E-state index in [1.165, 1.54) is 32.1 Å². The van der Waals surface area contributed by atoms with E-state index < -0.39 is 0 Å². The summed E-state index contributed by atoms with van der Waals surface area (Å²) in [5.74, 6) is 0.893. The van der Waals surface area contributed by atoms with Crippen LogP contribution in [0.1, 0.15) is 32.1 Å². The zero-order valence-electron chi connectivity index (χ0n) is 8.86. The van der Waals surface area contributed by atoms with E-state index in [0.29, 0.717) is 6.54 Å². The van der Waals surface area contributed by atoms with Crippen LogP contribution in [0.2, 0.25) is 0 Å². The summed E-state index contributed by atoms with van der Waals surface area (Å²) >= 11 is 0. The minimum absolute atomic E-state index is 0.211. The molecule has 1 saturated carbocycles. The fraction of sp³-hybridized carbons (Fsp3) is 1.00. The van der Waals surface area contributed by atoms with Crippen molar-refractivity contribution in [2.45, 2.75) is 44.2 Å². The van der Waals surface area contributed by atoms with Crippen LogP contribution in [0.25, 0.3) is 0 Å². The third-order valence-electron chi connectivity index (χ3n) is 4.00. The molecule has 0 spiro atoms. The average Bonchev–Trinajstić information content (AvgIpc) is 2.65. The SMILES string of the molecule is NCC(CO)N1CCC2CCCCC21. The van der Waals surface area contributed by atoms with Gasteiger partial charge in [-0.15, -0.1) is 0 Å². The van der Waals surface area contributed by atoms with Crippen molar-refractivity contribution in [1.29, 1.82) is 0 Å². The first kappa shape index (κ1) is 10.4. The number of rotatable bonds is 3. The molecule has 2 aliphatic rings. The van der Waals surface area contributed by atoms with Crippen molar-refractivity contribution in [3.8, 4) is 0 Å². The van der Waals surface area contributed by atoms with Gasteiger partial charge in [0.15, 0.2) is 0 Å². The van der Waals surface area contributed by atoms with Crippen LogP contribution in [-0.2, 0) is 0 Å². The van der Waals surface area contributed by atoms with Crippen molar-refractivity contribution in [2.24, 2.45) is 11.7 Å². The molecule has 3 heteroatoms. The lowest BCUT2D eigenvalue weighted by Crippen LogP contribution is -2.47. The Kier molecular flexibility index (Phi) is 3.42. The van der Waals surface area contributed by atoms with Crippen LogP contribution < -0.4 is 5.73 Å². The molecule has 0 aromatic carbocycles. The van der Waals surface area contributed by atoms with Gasteiger partial charge >= 0.3 is 0 Å². The number of hydrogen-bond acceptors (Lipinski definition) is 3. The predicted molar refractivity (Wildman–Crippen MR) is 57.0 cm³/mol. The Morgan fingerprint density at radius 1 is 1.29 bits per heavy atom. The third-order valence-corrected chi connectivity index (χ3v) is 4.00. The van der Waals surface area contributed by atoms with Gasteiger partial charge in [-0.05, 0) is 31.7 Å². The lowest BCUT2D eigenvalue weighted by Gasteiger charge is -2.35. The highest BCUT2D eigenvalue weighted by Crippen LogP contribution is 2.36. The van der Waals surface area contributed by atoms with Crippen LogP contribution in [0.4, 0.5) is 0 Å². The van der Waals surface area contributed by atoms with Gasteiger partial charge in [-0.3, -0.25) is 4.90 Å². The molecule has 2 fully saturated rings. The summed E-state index contributed by atoms with van der Waals surface area (Å²) in [6, 6.07) is 0.938. The lowest BCUT2D eigenvalue weighted by molar-refractivity contribution is 0.0909. The van der Waals surface area contributed by atoms with E-state index in [1.807, 2.05) is 0 Å². The molecule has 2 rings (SSSR count). The van der Waals surface area contributed by atoms with Gasteiger partial charge in [-0.1, -0.05) is 12.8 Å². The molecule has 3 unspecified atom stereocenters. The molecule has 1 saturated heterocycles. The van der Waals surface area contributed by atoms with Crippen LogP contribution in [0.3, 0.4) is 0 Å². The van der Waals surface area contributed by atoms with E-state index in [1.54, 1.807) is 0 Å². The van der Waals surface area contributed by atoms with Crippen LogP contribution in [0.5, 0.6) is 0 Å². The Morgan fingerprint density at radius 3 is 2.79 bits per heavy atom. The Labute approximate surface area is 86.3 Å². The van der Waals surface area contributed by atoms with E-state index in [2.05, 4.69) is 4.90 Å². The maximum absolute atomic E-state index is 9.26. The number of hydrogen-bond donors (Lipinski definition) is 2. The van der Waals surface area contributed by atoms with Crippen molar-refractivity contribution in [1.82, 2.24) is 4.90 Å². The van der Waals surface area contributed by atoms with Crippen molar-refractivity contribution in [2.75, 3.05) is 19.7 Å². The van der Waals surface area contributed by atoms with Crippen molar-refractivity contribution < 1.29 is 5.11 Å². The molecule has 0 aromatic rings. The molecule has 82 valence electrons. The zero-order chi connectivity index (χ0) is 9.97. The van der Waals surface area contributed by atoms with Crippen LogP contribution >= 0.6 is 0 Å². The molecular weight excluding hydrogens is 176 g/mol. The zero-order valence-corrected chi connectivity index (χ0v) is 8.86. The topological polar surface area (TPSA) is 49.5 Å². The fourth-order valence-electron chi connectivity index (χ4n) is 3.21. The van der Waals surface area contributed by atoms with Gasteiger partial charge < -0.3 is 10.8 Å². The number of aliphatic hydroxyl groups is 1. The summed E-state index contributed by atoms with van der Waals surface area (Å²) in [5.41, 5.74) is 5.68. The summed E-state index contributed by atoms with van der Waals surface area (Å²) in [4.78, 5) is 2.46. The van der Waals surface area contributed by atoms with Crippen molar-refractivity contribution in [3.05, 3.63) is 0 Å². The molecule has 3 N–H and O–H groups in total. The summed E-state index contributed by atoms with van der Waals surface area (Å²) in [6.45, 7) is 1.97. The molecule has 0 aromatic heterocycles. The lowest BCUT2D eigenvalue weighted by atomic mass is 9.85. The number of fused-ring (bicyclic) bond motifs is 1. The molecule has 0 amide bonds. The Hall–Kier alpha value is -0.120. The van der Waals surface area contributed by atoms with Gasteiger partial charge in [0.25, 0.3) is 0 Å². The highest BCUT2D eigenvalue weighted by Gasteiger charge is 2.38. The van der Waals surface area contributed by atoms with Gasteiger partial charge in [0.05, 0.1) is 6.61 Å². The predicted octanol–water partition coefficient (Wildman–Crippen LogP) is 0.570. The molecule has 0 bridgehead atoms. The molecule has 1 heterocycles. The van der Waals surface area contributed by atoms with Gasteiger partial charge in [0.2, 0.25) is 0 Å². The van der Waals surface area contributed by atoms with Crippen molar-refractivity contribution in [3.63, 3.8) is 0 Å². The third kappa shape index (κ3) is 1.81. The molecule has 3 atom stereocenters. The second-order valence-electron chi connectivity index (χ2n) is 4.71. The highest BCUT2D eigenvalue weighted by atomic mass is 16.3. The van der Waals surface area contributed by atoms with E-state index in [0.717, 1.165) is 18.5 Å².